The first-order chi connectivity index (χ1) is 13.0. The lowest BCUT2D eigenvalue weighted by Crippen LogP contribution is -2.36. The lowest BCUT2D eigenvalue weighted by Gasteiger charge is -2.42. The average Bonchev–Trinajstić information content (AvgIpc) is 2.69. The van der Waals surface area contributed by atoms with Gasteiger partial charge in [-0.15, -0.1) is 0 Å². The van der Waals surface area contributed by atoms with E-state index in [1.165, 1.54) is 0 Å². The Morgan fingerprint density at radius 3 is 2.74 bits per heavy atom. The van der Waals surface area contributed by atoms with Crippen LogP contribution in [0.15, 0.2) is 24.3 Å². The Morgan fingerprint density at radius 1 is 1.22 bits per heavy atom. The molecule has 4 nitrogen and oxygen atoms in total. The molecule has 2 fully saturated rings. The van der Waals surface area contributed by atoms with Crippen LogP contribution < -0.4 is 4.74 Å². The molecule has 1 atom stereocenters. The van der Waals surface area contributed by atoms with E-state index in [9.17, 15) is 5.11 Å². The Labute approximate surface area is 163 Å². The molecule has 2 aliphatic rings. The number of nitrogens with zero attached hydrogens (tertiary/aromatic N) is 1. The molecule has 0 amide bonds. The van der Waals surface area contributed by atoms with Crippen LogP contribution in [0.25, 0.3) is 0 Å². The molecule has 0 spiro atoms. The van der Waals surface area contributed by atoms with Gasteiger partial charge in [-0.3, -0.25) is 0 Å². The predicted octanol–water partition coefficient (Wildman–Crippen LogP) is 5.44. The highest BCUT2D eigenvalue weighted by atomic mass is 16.7. The van der Waals surface area contributed by atoms with Gasteiger partial charge in [-0.2, -0.15) is 5.26 Å². The van der Waals surface area contributed by atoms with E-state index in [0.29, 0.717) is 6.42 Å². The zero-order valence-corrected chi connectivity index (χ0v) is 16.6. The van der Waals surface area contributed by atoms with E-state index in [1.54, 1.807) is 0 Å². The molecule has 1 heterocycles. The van der Waals surface area contributed by atoms with Crippen LogP contribution in [0.4, 0.5) is 0 Å². The van der Waals surface area contributed by atoms with Crippen molar-refractivity contribution in [3.63, 3.8) is 0 Å². The third-order valence-electron chi connectivity index (χ3n) is 6.38. The Kier molecular flexibility index (Phi) is 6.78. The minimum Gasteiger partial charge on any atom is -0.465 e. The van der Waals surface area contributed by atoms with Crippen LogP contribution in [-0.4, -0.2) is 18.0 Å². The lowest BCUT2D eigenvalue weighted by molar-refractivity contribution is -0.106. The zero-order chi connectivity index (χ0) is 19.2. The summed E-state index contributed by atoms with van der Waals surface area (Å²) in [5.41, 5.74) is 0.479. The van der Waals surface area contributed by atoms with Crippen LogP contribution in [0.1, 0.15) is 83.1 Å². The number of rotatable bonds is 7. The van der Waals surface area contributed by atoms with Gasteiger partial charge in [-0.05, 0) is 74.5 Å². The Balaban J connectivity index is 1.58. The highest BCUT2D eigenvalue weighted by Crippen LogP contribution is 2.48. The quantitative estimate of drug-likeness (QED) is 0.648. The molecule has 0 bridgehead atoms. The summed E-state index contributed by atoms with van der Waals surface area (Å²) >= 11 is 0. The second-order valence-corrected chi connectivity index (χ2v) is 8.65. The van der Waals surface area contributed by atoms with Crippen LogP contribution in [0.3, 0.4) is 0 Å². The largest absolute Gasteiger partial charge is 0.465 e. The van der Waals surface area contributed by atoms with Crippen LogP contribution >= 0.6 is 0 Å². The summed E-state index contributed by atoms with van der Waals surface area (Å²) in [5, 5.41) is 20.0. The summed E-state index contributed by atoms with van der Waals surface area (Å²) in [6.07, 6.45) is 10.5. The number of aliphatic hydroxyl groups is 1. The predicted molar refractivity (Wildman–Crippen MR) is 105 cm³/mol. The Hall–Kier alpha value is -1.57. The smallest absolute Gasteiger partial charge is 0.199 e. The lowest BCUT2D eigenvalue weighted by atomic mass is 9.66. The number of ether oxygens (including phenoxy) is 2. The average molecular weight is 372 g/mol. The Morgan fingerprint density at radius 2 is 2.04 bits per heavy atom. The highest BCUT2D eigenvalue weighted by Gasteiger charge is 2.40. The minimum absolute atomic E-state index is 0.160. The van der Waals surface area contributed by atoms with Gasteiger partial charge in [0.2, 0.25) is 0 Å². The molecule has 1 saturated heterocycles. The standard InChI is InChI=1S/C23H33NO3/c1-22(11-4-2-5-16-24)12-14-23(25,15-13-22)19-8-7-9-20(18-19)27-21-10-3-6-17-26-21/h7-9,18,21,25H,2-6,10-15,17H2,1H3. The number of hydrogen-bond donors (Lipinski definition) is 1. The molecule has 1 aromatic carbocycles. The van der Waals surface area contributed by atoms with Crippen LogP contribution in [-0.2, 0) is 10.3 Å². The van der Waals surface area contributed by atoms with E-state index >= 15 is 0 Å². The maximum Gasteiger partial charge on any atom is 0.199 e. The van der Waals surface area contributed by atoms with Crippen LogP contribution in [0.2, 0.25) is 0 Å². The topological polar surface area (TPSA) is 62.5 Å². The van der Waals surface area contributed by atoms with Crippen LogP contribution in [0, 0.1) is 16.7 Å². The summed E-state index contributed by atoms with van der Waals surface area (Å²) < 4.78 is 11.7. The van der Waals surface area contributed by atoms with Crippen molar-refractivity contribution < 1.29 is 14.6 Å². The molecule has 1 aromatic rings. The van der Waals surface area contributed by atoms with Crippen molar-refractivity contribution in [2.45, 2.75) is 89.4 Å². The monoisotopic (exact) mass is 371 g/mol. The summed E-state index contributed by atoms with van der Waals surface area (Å²) in [7, 11) is 0. The van der Waals surface area contributed by atoms with Gasteiger partial charge in [0.05, 0.1) is 18.3 Å². The van der Waals surface area contributed by atoms with Crippen molar-refractivity contribution in [3.8, 4) is 11.8 Å². The van der Waals surface area contributed by atoms with Gasteiger partial charge < -0.3 is 14.6 Å². The molecule has 4 heteroatoms. The van der Waals surface area contributed by atoms with Gasteiger partial charge in [0.25, 0.3) is 0 Å². The van der Waals surface area contributed by atoms with Gasteiger partial charge in [-0.1, -0.05) is 25.5 Å². The summed E-state index contributed by atoms with van der Waals surface area (Å²) in [5.74, 6) is 0.790. The minimum atomic E-state index is -0.765. The van der Waals surface area contributed by atoms with E-state index in [0.717, 1.165) is 82.1 Å². The second-order valence-electron chi connectivity index (χ2n) is 8.65. The SMILES string of the molecule is CC1(CCCCC#N)CCC(O)(c2cccc(OC3CCCCO3)c2)CC1. The summed E-state index contributed by atoms with van der Waals surface area (Å²) in [4.78, 5) is 0. The second kappa shape index (κ2) is 9.08. The van der Waals surface area contributed by atoms with E-state index < -0.39 is 5.60 Å². The van der Waals surface area contributed by atoms with Crippen molar-refractivity contribution in [2.24, 2.45) is 5.41 Å². The zero-order valence-electron chi connectivity index (χ0n) is 16.6. The third kappa shape index (κ3) is 5.46. The van der Waals surface area contributed by atoms with Crippen molar-refractivity contribution >= 4 is 0 Å². The Bertz CT molecular complexity index is 637. The van der Waals surface area contributed by atoms with E-state index in [4.69, 9.17) is 14.7 Å². The van der Waals surface area contributed by atoms with Gasteiger partial charge in [-0.25, -0.2) is 0 Å². The highest BCUT2D eigenvalue weighted by molar-refractivity contribution is 5.33. The molecule has 0 aromatic heterocycles. The molecule has 0 radical (unpaired) electrons. The molecule has 1 aliphatic heterocycles. The van der Waals surface area contributed by atoms with Crippen molar-refractivity contribution in [1.29, 1.82) is 5.26 Å². The van der Waals surface area contributed by atoms with Crippen LogP contribution in [0.5, 0.6) is 5.75 Å². The first kappa shape index (κ1) is 20.2. The van der Waals surface area contributed by atoms with Crippen molar-refractivity contribution in [3.05, 3.63) is 29.8 Å². The number of nitriles is 1. The molecular weight excluding hydrogens is 338 g/mol. The molecule has 3 rings (SSSR count). The van der Waals surface area contributed by atoms with Crippen molar-refractivity contribution in [1.82, 2.24) is 0 Å². The third-order valence-corrected chi connectivity index (χ3v) is 6.38. The fraction of sp³-hybridized carbons (Fsp3) is 0.696. The number of unbranched alkanes of at least 4 members (excludes halogenated alkanes) is 2. The molecule has 27 heavy (non-hydrogen) atoms. The maximum absolute atomic E-state index is 11.3. The van der Waals surface area contributed by atoms with Crippen molar-refractivity contribution in [2.75, 3.05) is 6.61 Å². The number of hydrogen-bond acceptors (Lipinski definition) is 4. The van der Waals surface area contributed by atoms with Gasteiger partial charge in [0, 0.05) is 12.8 Å². The molecular formula is C23H33NO3. The first-order valence-electron chi connectivity index (χ1n) is 10.5. The fourth-order valence-corrected chi connectivity index (χ4v) is 4.38. The van der Waals surface area contributed by atoms with E-state index in [1.807, 2.05) is 24.3 Å². The summed E-state index contributed by atoms with van der Waals surface area (Å²) in [6.45, 7) is 3.10. The van der Waals surface area contributed by atoms with E-state index in [-0.39, 0.29) is 11.7 Å². The molecule has 1 saturated carbocycles. The van der Waals surface area contributed by atoms with E-state index in [2.05, 4.69) is 13.0 Å². The molecule has 1 N–H and O–H groups in total. The van der Waals surface area contributed by atoms with Gasteiger partial charge in [0.1, 0.15) is 5.75 Å². The molecule has 1 unspecified atom stereocenters. The van der Waals surface area contributed by atoms with Gasteiger partial charge in [0.15, 0.2) is 6.29 Å². The normalized spacial score (nSPS) is 31.2. The summed E-state index contributed by atoms with van der Waals surface area (Å²) in [6, 6.07) is 10.2. The van der Waals surface area contributed by atoms with Gasteiger partial charge >= 0.3 is 0 Å². The maximum atomic E-state index is 11.3. The first-order valence-corrected chi connectivity index (χ1v) is 10.5. The fourth-order valence-electron chi connectivity index (χ4n) is 4.38. The molecule has 148 valence electrons. The number of benzene rings is 1. The molecule has 1 aliphatic carbocycles.